The van der Waals surface area contributed by atoms with Crippen molar-refractivity contribution in [3.63, 3.8) is 0 Å². The molecular formula is C37H46GeN2. The molecule has 0 unspecified atom stereocenters. The summed E-state index contributed by atoms with van der Waals surface area (Å²) in [5.41, 5.74) is 10.3. The molecule has 3 heteroatoms. The first-order chi connectivity index (χ1) is 18.7. The molecule has 0 aliphatic rings. The Hall–Kier alpha value is -2.85. The quantitative estimate of drug-likeness (QED) is 0.186. The van der Waals surface area contributed by atoms with Crippen molar-refractivity contribution in [3.8, 4) is 17.1 Å². The van der Waals surface area contributed by atoms with Crippen molar-refractivity contribution in [2.75, 3.05) is 0 Å². The van der Waals surface area contributed by atoms with Gasteiger partial charge in [0.2, 0.25) is 0 Å². The van der Waals surface area contributed by atoms with Gasteiger partial charge in [-0.3, -0.25) is 0 Å². The zero-order valence-corrected chi connectivity index (χ0v) is 28.5. The Bertz CT molecular complexity index is 1690. The Labute approximate surface area is 244 Å². The summed E-state index contributed by atoms with van der Waals surface area (Å²) >= 11 is -2.09. The first-order valence-electron chi connectivity index (χ1n) is 14.9. The third kappa shape index (κ3) is 5.16. The molecule has 0 saturated heterocycles. The molecule has 0 radical (unpaired) electrons. The SMILES string of the molecule is Cc1cc(C(C)C)c(-n2c(-c3cc(C(C)(C)C)c4ccccc4c3)nc3cc[c]([Ge]([CH3])([CH3])[CH3])cc32)c(C(C)C)c1. The Kier molecular flexibility index (Phi) is 7.32. The number of benzene rings is 4. The molecule has 0 atom stereocenters. The number of aryl methyl sites for hydroxylation is 1. The minimum atomic E-state index is -2.09. The Morgan fingerprint density at radius 2 is 1.40 bits per heavy atom. The van der Waals surface area contributed by atoms with Crippen molar-refractivity contribution in [1.82, 2.24) is 9.55 Å². The van der Waals surface area contributed by atoms with Crippen LogP contribution in [0.25, 0.3) is 38.9 Å². The van der Waals surface area contributed by atoms with Crippen LogP contribution >= 0.6 is 0 Å². The predicted molar refractivity (Wildman–Crippen MR) is 179 cm³/mol. The van der Waals surface area contributed by atoms with E-state index in [1.54, 1.807) is 0 Å². The second kappa shape index (κ2) is 10.2. The summed E-state index contributed by atoms with van der Waals surface area (Å²) in [6.45, 7) is 18.5. The molecule has 0 saturated carbocycles. The van der Waals surface area contributed by atoms with Gasteiger partial charge < -0.3 is 0 Å². The first kappa shape index (κ1) is 28.7. The molecule has 4 aromatic carbocycles. The van der Waals surface area contributed by atoms with Crippen molar-refractivity contribution >= 4 is 39.5 Å². The van der Waals surface area contributed by atoms with Crippen LogP contribution in [0.2, 0.25) is 17.3 Å². The van der Waals surface area contributed by atoms with Gasteiger partial charge in [0.15, 0.2) is 0 Å². The predicted octanol–water partition coefficient (Wildman–Crippen LogP) is 10.2. The molecule has 1 heterocycles. The minimum absolute atomic E-state index is 0.00939. The molecule has 208 valence electrons. The van der Waals surface area contributed by atoms with Crippen LogP contribution in [-0.2, 0) is 5.41 Å². The standard InChI is InChI=1S/C37H46GeN2/c1-23(2)30-18-25(5)19-31(24(3)4)35(30)40-34-22-28(38(9,10)11)16-17-33(34)39-36(40)27-20-26-14-12-13-15-29(26)32(21-27)37(6,7)8/h12-24H,1-11H3. The summed E-state index contributed by atoms with van der Waals surface area (Å²) in [7, 11) is 0. The van der Waals surface area contributed by atoms with Crippen molar-refractivity contribution in [3.05, 3.63) is 89.0 Å². The molecule has 0 spiro atoms. The summed E-state index contributed by atoms with van der Waals surface area (Å²) in [6.07, 6.45) is 0. The summed E-state index contributed by atoms with van der Waals surface area (Å²) in [5, 5.41) is 2.59. The van der Waals surface area contributed by atoms with Crippen LogP contribution in [0, 0.1) is 6.92 Å². The van der Waals surface area contributed by atoms with Crippen LogP contribution in [-0.4, -0.2) is 22.8 Å². The molecule has 40 heavy (non-hydrogen) atoms. The number of nitrogens with zero attached hydrogens (tertiary/aromatic N) is 2. The molecule has 0 bridgehead atoms. The first-order valence-corrected chi connectivity index (χ1v) is 22.2. The third-order valence-corrected chi connectivity index (χ3v) is 12.5. The monoisotopic (exact) mass is 592 g/mol. The number of fused-ring (bicyclic) bond motifs is 2. The van der Waals surface area contributed by atoms with E-state index in [1.165, 1.54) is 54.2 Å². The van der Waals surface area contributed by atoms with E-state index in [1.807, 2.05) is 0 Å². The average molecular weight is 591 g/mol. The van der Waals surface area contributed by atoms with Crippen molar-refractivity contribution in [2.24, 2.45) is 0 Å². The fourth-order valence-corrected chi connectivity index (χ4v) is 8.42. The van der Waals surface area contributed by atoms with Crippen LogP contribution in [0.1, 0.15) is 82.6 Å². The van der Waals surface area contributed by atoms with E-state index in [-0.39, 0.29) is 5.41 Å². The van der Waals surface area contributed by atoms with E-state index >= 15 is 0 Å². The van der Waals surface area contributed by atoms with E-state index in [0.29, 0.717) is 11.8 Å². The molecule has 5 rings (SSSR count). The van der Waals surface area contributed by atoms with Gasteiger partial charge in [-0.25, -0.2) is 0 Å². The van der Waals surface area contributed by atoms with Gasteiger partial charge in [-0.1, -0.05) is 0 Å². The number of imidazole rings is 1. The Morgan fingerprint density at radius 1 is 0.775 bits per heavy atom. The number of hydrogen-bond acceptors (Lipinski definition) is 1. The number of aromatic nitrogens is 2. The van der Waals surface area contributed by atoms with Crippen LogP contribution < -0.4 is 4.40 Å². The van der Waals surface area contributed by atoms with Crippen LogP contribution in [0.3, 0.4) is 0 Å². The molecule has 1 aromatic heterocycles. The second-order valence-electron chi connectivity index (χ2n) is 14.3. The summed E-state index contributed by atoms with van der Waals surface area (Å²) in [6, 6.07) is 25.4. The zero-order valence-electron chi connectivity index (χ0n) is 26.4. The topological polar surface area (TPSA) is 17.8 Å². The van der Waals surface area contributed by atoms with E-state index in [4.69, 9.17) is 4.98 Å². The van der Waals surface area contributed by atoms with Crippen molar-refractivity contribution in [1.29, 1.82) is 0 Å². The zero-order chi connectivity index (χ0) is 29.1. The van der Waals surface area contributed by atoms with E-state index < -0.39 is 13.3 Å². The fourth-order valence-electron chi connectivity index (χ4n) is 6.00. The fraction of sp³-hybridized carbons (Fsp3) is 0.378. The molecule has 0 aliphatic heterocycles. The normalized spacial score (nSPS) is 12.8. The third-order valence-electron chi connectivity index (χ3n) is 8.23. The van der Waals surface area contributed by atoms with Gasteiger partial charge in [0.05, 0.1) is 0 Å². The van der Waals surface area contributed by atoms with Crippen molar-refractivity contribution in [2.45, 2.75) is 89.9 Å². The number of hydrogen-bond donors (Lipinski definition) is 0. The molecule has 0 amide bonds. The van der Waals surface area contributed by atoms with Crippen LogP contribution in [0.4, 0.5) is 0 Å². The maximum atomic E-state index is 5.42. The van der Waals surface area contributed by atoms with Crippen LogP contribution in [0.5, 0.6) is 0 Å². The van der Waals surface area contributed by atoms with Gasteiger partial charge in [-0.15, -0.1) is 0 Å². The Morgan fingerprint density at radius 3 is 1.98 bits per heavy atom. The number of rotatable bonds is 5. The molecule has 0 fully saturated rings. The summed E-state index contributed by atoms with van der Waals surface area (Å²) < 4.78 is 4.03. The van der Waals surface area contributed by atoms with Gasteiger partial charge in [0.1, 0.15) is 0 Å². The molecule has 0 N–H and O–H groups in total. The molecule has 5 aromatic rings. The second-order valence-corrected chi connectivity index (χ2v) is 25.0. The van der Waals surface area contributed by atoms with Gasteiger partial charge in [-0.05, 0) is 0 Å². The van der Waals surface area contributed by atoms with E-state index in [0.717, 1.165) is 11.3 Å². The molecule has 0 aliphatic carbocycles. The maximum absolute atomic E-state index is 5.42. The van der Waals surface area contributed by atoms with Crippen LogP contribution in [0.15, 0.2) is 66.7 Å². The van der Waals surface area contributed by atoms with E-state index in [2.05, 4.69) is 144 Å². The van der Waals surface area contributed by atoms with Gasteiger partial charge >= 0.3 is 245 Å². The average Bonchev–Trinajstić information content (AvgIpc) is 3.25. The molecular weight excluding hydrogens is 545 g/mol. The van der Waals surface area contributed by atoms with E-state index in [9.17, 15) is 0 Å². The summed E-state index contributed by atoms with van der Waals surface area (Å²) in [4.78, 5) is 5.42. The van der Waals surface area contributed by atoms with Crippen molar-refractivity contribution < 1.29 is 0 Å². The Balaban J connectivity index is 1.98. The summed E-state index contributed by atoms with van der Waals surface area (Å²) in [5.74, 6) is 9.26. The van der Waals surface area contributed by atoms with Gasteiger partial charge in [-0.2, -0.15) is 0 Å². The van der Waals surface area contributed by atoms with Gasteiger partial charge in [0.25, 0.3) is 0 Å². The molecule has 2 nitrogen and oxygen atoms in total. The van der Waals surface area contributed by atoms with Gasteiger partial charge in [0, 0.05) is 0 Å².